The van der Waals surface area contributed by atoms with Crippen LogP contribution in [0, 0.1) is 5.92 Å². The van der Waals surface area contributed by atoms with Crippen LogP contribution in [0.4, 0.5) is 5.82 Å². The lowest BCUT2D eigenvalue weighted by Gasteiger charge is -2.18. The van der Waals surface area contributed by atoms with Crippen LogP contribution in [0.3, 0.4) is 0 Å². The van der Waals surface area contributed by atoms with Crippen LogP contribution in [0.25, 0.3) is 0 Å². The molecule has 0 saturated carbocycles. The molecule has 1 aromatic rings. The molecule has 0 aliphatic heterocycles. The highest BCUT2D eigenvalue weighted by Gasteiger charge is 2.13. The number of pyridine rings is 1. The van der Waals surface area contributed by atoms with Crippen molar-refractivity contribution < 1.29 is 4.79 Å². The normalized spacial score (nSPS) is 10.8. The van der Waals surface area contributed by atoms with Crippen molar-refractivity contribution in [1.82, 2.24) is 9.88 Å². The second kappa shape index (κ2) is 7.12. The summed E-state index contributed by atoms with van der Waals surface area (Å²) >= 11 is 0. The van der Waals surface area contributed by atoms with Crippen molar-refractivity contribution in [3.63, 3.8) is 0 Å². The molecule has 1 amide bonds. The van der Waals surface area contributed by atoms with Gasteiger partial charge in [0.05, 0.1) is 0 Å². The molecule has 0 saturated heterocycles. The maximum atomic E-state index is 12.3. The summed E-state index contributed by atoms with van der Waals surface area (Å²) in [5, 5.41) is 0. The van der Waals surface area contributed by atoms with Crippen LogP contribution in [-0.2, 0) is 6.42 Å². The first-order valence-electron chi connectivity index (χ1n) is 6.96. The van der Waals surface area contributed by atoms with Crippen LogP contribution in [0.2, 0.25) is 0 Å². The van der Waals surface area contributed by atoms with Gasteiger partial charge in [-0.05, 0) is 30.9 Å². The van der Waals surface area contributed by atoms with Gasteiger partial charge in [0.2, 0.25) is 0 Å². The summed E-state index contributed by atoms with van der Waals surface area (Å²) in [5.74, 6) is 1.03. The molecule has 4 nitrogen and oxygen atoms in total. The molecule has 1 aromatic heterocycles. The lowest BCUT2D eigenvalue weighted by atomic mass is 10.1. The predicted molar refractivity (Wildman–Crippen MR) is 79.1 cm³/mol. The minimum Gasteiger partial charge on any atom is -0.384 e. The molecule has 1 rings (SSSR count). The molecule has 4 heteroatoms. The lowest BCUT2D eigenvalue weighted by molar-refractivity contribution is 0.0789. The van der Waals surface area contributed by atoms with Crippen molar-refractivity contribution in [3.05, 3.63) is 23.4 Å². The van der Waals surface area contributed by atoms with Crippen molar-refractivity contribution in [3.8, 4) is 0 Å². The number of nitrogens with zero attached hydrogens (tertiary/aromatic N) is 2. The van der Waals surface area contributed by atoms with Crippen LogP contribution in [0.5, 0.6) is 0 Å². The fourth-order valence-corrected chi connectivity index (χ4v) is 1.89. The average molecular weight is 263 g/mol. The number of amides is 1. The van der Waals surface area contributed by atoms with Crippen molar-refractivity contribution in [2.45, 2.75) is 40.0 Å². The van der Waals surface area contributed by atoms with E-state index in [1.165, 1.54) is 0 Å². The van der Waals surface area contributed by atoms with Crippen molar-refractivity contribution in [2.75, 3.05) is 19.3 Å². The lowest BCUT2D eigenvalue weighted by Crippen LogP contribution is -2.28. The summed E-state index contributed by atoms with van der Waals surface area (Å²) in [5.41, 5.74) is 7.30. The van der Waals surface area contributed by atoms with Gasteiger partial charge in [-0.1, -0.05) is 27.2 Å². The Bertz CT molecular complexity index is 429. The molecule has 0 aliphatic carbocycles. The van der Waals surface area contributed by atoms with Gasteiger partial charge in [0, 0.05) is 24.8 Å². The Hall–Kier alpha value is -1.58. The number of carbonyl (C=O) groups excluding carboxylic acids is 1. The van der Waals surface area contributed by atoms with Gasteiger partial charge in [-0.3, -0.25) is 4.79 Å². The Labute approximate surface area is 116 Å². The number of rotatable bonds is 6. The highest BCUT2D eigenvalue weighted by Crippen LogP contribution is 2.12. The third kappa shape index (κ3) is 4.89. The summed E-state index contributed by atoms with van der Waals surface area (Å²) < 4.78 is 0. The fraction of sp³-hybridized carbons (Fsp3) is 0.600. The standard InChI is InChI=1S/C15H25N3O/c1-5-6-13-9-12(10-14(16)17-13)15(19)18(4)8-7-11(2)3/h9-11H,5-8H2,1-4H3,(H2,16,17). The molecule has 2 N–H and O–H groups in total. The van der Waals surface area contributed by atoms with E-state index in [0.717, 1.165) is 31.5 Å². The zero-order valence-electron chi connectivity index (χ0n) is 12.4. The molecule has 1 heterocycles. The highest BCUT2D eigenvalue weighted by molar-refractivity contribution is 5.94. The van der Waals surface area contributed by atoms with Crippen molar-refractivity contribution in [1.29, 1.82) is 0 Å². The first-order chi connectivity index (χ1) is 8.93. The van der Waals surface area contributed by atoms with E-state index in [1.807, 2.05) is 13.1 Å². The van der Waals surface area contributed by atoms with Gasteiger partial charge in [0.15, 0.2) is 0 Å². The molecule has 106 valence electrons. The molecule has 0 spiro atoms. The van der Waals surface area contributed by atoms with Crippen molar-refractivity contribution in [2.24, 2.45) is 5.92 Å². The number of aryl methyl sites for hydroxylation is 1. The molecule has 0 fully saturated rings. The first kappa shape index (κ1) is 15.5. The van der Waals surface area contributed by atoms with E-state index in [2.05, 4.69) is 25.8 Å². The second-order valence-corrected chi connectivity index (χ2v) is 5.43. The monoisotopic (exact) mass is 263 g/mol. The Morgan fingerprint density at radius 2 is 2.11 bits per heavy atom. The van der Waals surface area contributed by atoms with Crippen LogP contribution in [0.1, 0.15) is 49.7 Å². The van der Waals surface area contributed by atoms with E-state index in [1.54, 1.807) is 11.0 Å². The van der Waals surface area contributed by atoms with E-state index >= 15 is 0 Å². The SMILES string of the molecule is CCCc1cc(C(=O)N(C)CCC(C)C)cc(N)n1. The number of anilines is 1. The number of hydrogen-bond donors (Lipinski definition) is 1. The number of nitrogen functional groups attached to an aromatic ring is 1. The molecule has 0 radical (unpaired) electrons. The van der Waals surface area contributed by atoms with Gasteiger partial charge >= 0.3 is 0 Å². The maximum Gasteiger partial charge on any atom is 0.253 e. The molecule has 19 heavy (non-hydrogen) atoms. The Balaban J connectivity index is 2.80. The smallest absolute Gasteiger partial charge is 0.253 e. The van der Waals surface area contributed by atoms with Gasteiger partial charge in [-0.15, -0.1) is 0 Å². The van der Waals surface area contributed by atoms with Crippen LogP contribution < -0.4 is 5.73 Å². The predicted octanol–water partition coefficient (Wildman–Crippen LogP) is 2.73. The topological polar surface area (TPSA) is 59.2 Å². The second-order valence-electron chi connectivity index (χ2n) is 5.43. The number of nitrogens with two attached hydrogens (primary N) is 1. The summed E-state index contributed by atoms with van der Waals surface area (Å²) in [6.07, 6.45) is 2.85. The van der Waals surface area contributed by atoms with Crippen LogP contribution in [0.15, 0.2) is 12.1 Å². The van der Waals surface area contributed by atoms with Gasteiger partial charge in [0.25, 0.3) is 5.91 Å². The third-order valence-corrected chi connectivity index (χ3v) is 3.04. The van der Waals surface area contributed by atoms with E-state index in [4.69, 9.17) is 5.73 Å². The number of carbonyl (C=O) groups is 1. The zero-order valence-corrected chi connectivity index (χ0v) is 12.4. The summed E-state index contributed by atoms with van der Waals surface area (Å²) in [6.45, 7) is 7.16. The molecular formula is C15H25N3O. The Morgan fingerprint density at radius 1 is 1.42 bits per heavy atom. The summed E-state index contributed by atoms with van der Waals surface area (Å²) in [7, 11) is 1.83. The summed E-state index contributed by atoms with van der Waals surface area (Å²) in [4.78, 5) is 18.3. The molecule has 0 bridgehead atoms. The van der Waals surface area contributed by atoms with E-state index in [-0.39, 0.29) is 5.91 Å². The highest BCUT2D eigenvalue weighted by atomic mass is 16.2. The minimum atomic E-state index is 0.0205. The van der Waals surface area contributed by atoms with Crippen LogP contribution >= 0.6 is 0 Å². The first-order valence-corrected chi connectivity index (χ1v) is 6.96. The zero-order chi connectivity index (χ0) is 14.4. The van der Waals surface area contributed by atoms with Crippen LogP contribution in [-0.4, -0.2) is 29.4 Å². The minimum absolute atomic E-state index is 0.0205. The fourth-order valence-electron chi connectivity index (χ4n) is 1.89. The molecule has 0 atom stereocenters. The van der Waals surface area contributed by atoms with E-state index in [0.29, 0.717) is 17.3 Å². The van der Waals surface area contributed by atoms with Gasteiger partial charge < -0.3 is 10.6 Å². The van der Waals surface area contributed by atoms with Gasteiger partial charge in [-0.2, -0.15) is 0 Å². The number of hydrogen-bond acceptors (Lipinski definition) is 3. The number of aromatic nitrogens is 1. The van der Waals surface area contributed by atoms with Crippen molar-refractivity contribution >= 4 is 11.7 Å². The maximum absolute atomic E-state index is 12.3. The Kier molecular flexibility index (Phi) is 5.80. The quantitative estimate of drug-likeness (QED) is 0.858. The average Bonchev–Trinajstić information content (AvgIpc) is 2.34. The van der Waals surface area contributed by atoms with E-state index in [9.17, 15) is 4.79 Å². The summed E-state index contributed by atoms with van der Waals surface area (Å²) in [6, 6.07) is 3.52. The largest absolute Gasteiger partial charge is 0.384 e. The Morgan fingerprint density at radius 3 is 2.68 bits per heavy atom. The van der Waals surface area contributed by atoms with Gasteiger partial charge in [0.1, 0.15) is 5.82 Å². The molecular weight excluding hydrogens is 238 g/mol. The molecule has 0 aliphatic rings. The van der Waals surface area contributed by atoms with E-state index < -0.39 is 0 Å². The third-order valence-electron chi connectivity index (χ3n) is 3.04. The van der Waals surface area contributed by atoms with Gasteiger partial charge in [-0.25, -0.2) is 4.98 Å². The molecule has 0 aromatic carbocycles. The molecule has 0 unspecified atom stereocenters.